The minimum absolute atomic E-state index is 0.337. The van der Waals surface area contributed by atoms with E-state index in [1.807, 2.05) is 12.1 Å². The minimum Gasteiger partial charge on any atom is -0.508 e. The molecular formula is C11H13NO. The molecule has 2 heteroatoms. The first-order valence-corrected chi connectivity index (χ1v) is 4.52. The van der Waals surface area contributed by atoms with Crippen LogP contribution in [0.25, 0.3) is 5.57 Å². The summed E-state index contributed by atoms with van der Waals surface area (Å²) in [4.78, 5) is 0. The molecule has 3 N–H and O–H groups in total. The maximum atomic E-state index is 9.32. The van der Waals surface area contributed by atoms with Crippen LogP contribution in [0.5, 0.6) is 5.75 Å². The number of aromatic hydroxyl groups is 1. The van der Waals surface area contributed by atoms with Gasteiger partial charge in [-0.05, 0) is 48.2 Å². The molecule has 0 bridgehead atoms. The van der Waals surface area contributed by atoms with Crippen molar-refractivity contribution in [3.63, 3.8) is 0 Å². The highest BCUT2D eigenvalue weighted by molar-refractivity contribution is 5.74. The Labute approximate surface area is 77.7 Å². The van der Waals surface area contributed by atoms with E-state index < -0.39 is 0 Å². The van der Waals surface area contributed by atoms with Crippen LogP contribution < -0.4 is 5.73 Å². The van der Waals surface area contributed by atoms with E-state index in [4.69, 9.17) is 5.73 Å². The Kier molecular flexibility index (Phi) is 2.07. The number of allylic oxidation sites excluding steroid dienone is 1. The van der Waals surface area contributed by atoms with Gasteiger partial charge in [0.1, 0.15) is 5.75 Å². The number of hydrogen-bond acceptors (Lipinski definition) is 2. The molecule has 68 valence electrons. The summed E-state index contributed by atoms with van der Waals surface area (Å²) in [6.07, 6.45) is 4.07. The molecule has 0 saturated carbocycles. The molecule has 0 unspecified atom stereocenters. The first kappa shape index (κ1) is 8.32. The number of benzene rings is 1. The Balaban J connectivity index is 2.36. The van der Waals surface area contributed by atoms with Crippen LogP contribution in [-0.4, -0.2) is 11.7 Å². The molecule has 1 aromatic carbocycles. The molecule has 2 nitrogen and oxygen atoms in total. The average molecular weight is 175 g/mol. The number of phenols is 1. The van der Waals surface area contributed by atoms with Gasteiger partial charge in [-0.15, -0.1) is 0 Å². The van der Waals surface area contributed by atoms with Gasteiger partial charge in [0.25, 0.3) is 0 Å². The largest absolute Gasteiger partial charge is 0.508 e. The van der Waals surface area contributed by atoms with Crippen LogP contribution in [0.4, 0.5) is 0 Å². The van der Waals surface area contributed by atoms with E-state index in [1.165, 1.54) is 16.7 Å². The Morgan fingerprint density at radius 2 is 2.23 bits per heavy atom. The van der Waals surface area contributed by atoms with Crippen molar-refractivity contribution in [2.75, 3.05) is 6.54 Å². The van der Waals surface area contributed by atoms with E-state index in [0.29, 0.717) is 12.3 Å². The quantitative estimate of drug-likeness (QED) is 0.718. The molecule has 0 heterocycles. The standard InChI is InChI=1S/C11H13NO/c12-6-5-9-2-1-8-3-4-10(13)7-11(8)9/h2-4,7,13H,1,5-6,12H2. The van der Waals surface area contributed by atoms with Crippen molar-refractivity contribution in [2.24, 2.45) is 5.73 Å². The van der Waals surface area contributed by atoms with Crippen LogP contribution in [0.3, 0.4) is 0 Å². The highest BCUT2D eigenvalue weighted by Gasteiger charge is 2.13. The summed E-state index contributed by atoms with van der Waals surface area (Å²) in [5.74, 6) is 0.337. The SMILES string of the molecule is NCCC1=CCc2ccc(O)cc21. The van der Waals surface area contributed by atoms with Crippen LogP contribution >= 0.6 is 0 Å². The lowest BCUT2D eigenvalue weighted by Gasteiger charge is -2.04. The predicted octanol–water partition coefficient (Wildman–Crippen LogP) is 1.68. The summed E-state index contributed by atoms with van der Waals surface area (Å²) in [7, 11) is 0. The first-order chi connectivity index (χ1) is 6.31. The maximum absolute atomic E-state index is 9.32. The summed E-state index contributed by atoms with van der Waals surface area (Å²) < 4.78 is 0. The molecule has 0 radical (unpaired) electrons. The minimum atomic E-state index is 0.337. The maximum Gasteiger partial charge on any atom is 0.116 e. The summed E-state index contributed by atoms with van der Waals surface area (Å²) >= 11 is 0. The van der Waals surface area contributed by atoms with Crippen LogP contribution in [0, 0.1) is 0 Å². The van der Waals surface area contributed by atoms with E-state index in [1.54, 1.807) is 6.07 Å². The number of rotatable bonds is 2. The second-order valence-corrected chi connectivity index (χ2v) is 3.31. The van der Waals surface area contributed by atoms with Crippen LogP contribution in [0.2, 0.25) is 0 Å². The lowest BCUT2D eigenvalue weighted by Crippen LogP contribution is -1.99. The van der Waals surface area contributed by atoms with Gasteiger partial charge in [-0.2, -0.15) is 0 Å². The van der Waals surface area contributed by atoms with Gasteiger partial charge in [-0.1, -0.05) is 12.1 Å². The van der Waals surface area contributed by atoms with Gasteiger partial charge >= 0.3 is 0 Å². The Bertz CT molecular complexity index is 355. The number of fused-ring (bicyclic) bond motifs is 1. The fourth-order valence-corrected chi connectivity index (χ4v) is 1.78. The summed E-state index contributed by atoms with van der Waals surface area (Å²) in [6, 6.07) is 5.53. The lowest BCUT2D eigenvalue weighted by molar-refractivity contribution is 0.475. The zero-order valence-corrected chi connectivity index (χ0v) is 7.46. The van der Waals surface area contributed by atoms with E-state index in [0.717, 1.165) is 12.8 Å². The van der Waals surface area contributed by atoms with Gasteiger partial charge in [-0.3, -0.25) is 0 Å². The Morgan fingerprint density at radius 1 is 1.38 bits per heavy atom. The fraction of sp³-hybridized carbons (Fsp3) is 0.273. The molecule has 0 fully saturated rings. The van der Waals surface area contributed by atoms with Crippen molar-refractivity contribution in [1.29, 1.82) is 0 Å². The van der Waals surface area contributed by atoms with Gasteiger partial charge in [-0.25, -0.2) is 0 Å². The molecule has 0 aliphatic heterocycles. The van der Waals surface area contributed by atoms with Gasteiger partial charge in [0.2, 0.25) is 0 Å². The monoisotopic (exact) mass is 175 g/mol. The average Bonchev–Trinajstić information content (AvgIpc) is 2.49. The molecule has 1 aromatic rings. The molecular weight excluding hydrogens is 162 g/mol. The summed E-state index contributed by atoms with van der Waals surface area (Å²) in [5, 5.41) is 9.32. The molecule has 0 aromatic heterocycles. The number of nitrogens with two attached hydrogens (primary N) is 1. The molecule has 13 heavy (non-hydrogen) atoms. The normalized spacial score (nSPS) is 14.1. The van der Waals surface area contributed by atoms with Crippen molar-refractivity contribution in [3.05, 3.63) is 35.4 Å². The molecule has 1 aliphatic carbocycles. The molecule has 2 rings (SSSR count). The number of phenolic OH excluding ortho intramolecular Hbond substituents is 1. The molecule has 1 aliphatic rings. The van der Waals surface area contributed by atoms with E-state index >= 15 is 0 Å². The van der Waals surface area contributed by atoms with Gasteiger partial charge in [0.05, 0.1) is 0 Å². The van der Waals surface area contributed by atoms with Gasteiger partial charge in [0, 0.05) is 0 Å². The Hall–Kier alpha value is -1.28. The lowest BCUT2D eigenvalue weighted by atomic mass is 10.0. The van der Waals surface area contributed by atoms with Crippen molar-refractivity contribution >= 4 is 5.57 Å². The first-order valence-electron chi connectivity index (χ1n) is 4.52. The smallest absolute Gasteiger partial charge is 0.116 e. The highest BCUT2D eigenvalue weighted by atomic mass is 16.3. The zero-order valence-electron chi connectivity index (χ0n) is 7.46. The third kappa shape index (κ3) is 1.45. The van der Waals surface area contributed by atoms with E-state index in [9.17, 15) is 5.11 Å². The van der Waals surface area contributed by atoms with Gasteiger partial charge < -0.3 is 10.8 Å². The van der Waals surface area contributed by atoms with Crippen LogP contribution in [-0.2, 0) is 6.42 Å². The van der Waals surface area contributed by atoms with E-state index in [2.05, 4.69) is 6.08 Å². The van der Waals surface area contributed by atoms with E-state index in [-0.39, 0.29) is 0 Å². The summed E-state index contributed by atoms with van der Waals surface area (Å²) in [6.45, 7) is 0.668. The Morgan fingerprint density at radius 3 is 3.00 bits per heavy atom. The van der Waals surface area contributed by atoms with Crippen LogP contribution in [0.1, 0.15) is 17.5 Å². The van der Waals surface area contributed by atoms with Crippen molar-refractivity contribution < 1.29 is 5.11 Å². The molecule has 0 saturated heterocycles. The second kappa shape index (κ2) is 3.23. The predicted molar refractivity (Wildman–Crippen MR) is 53.5 cm³/mol. The molecule has 0 spiro atoms. The van der Waals surface area contributed by atoms with Crippen molar-refractivity contribution in [2.45, 2.75) is 12.8 Å². The topological polar surface area (TPSA) is 46.2 Å². The van der Waals surface area contributed by atoms with Crippen molar-refractivity contribution in [1.82, 2.24) is 0 Å². The third-order valence-electron chi connectivity index (χ3n) is 2.42. The van der Waals surface area contributed by atoms with Crippen molar-refractivity contribution in [3.8, 4) is 5.75 Å². The molecule has 0 amide bonds. The summed E-state index contributed by atoms with van der Waals surface area (Å²) in [5.41, 5.74) is 9.24. The highest BCUT2D eigenvalue weighted by Crippen LogP contribution is 2.31. The van der Waals surface area contributed by atoms with Crippen LogP contribution in [0.15, 0.2) is 24.3 Å². The second-order valence-electron chi connectivity index (χ2n) is 3.31. The zero-order chi connectivity index (χ0) is 9.26. The molecule has 0 atom stereocenters. The third-order valence-corrected chi connectivity index (χ3v) is 2.42. The fourth-order valence-electron chi connectivity index (χ4n) is 1.78. The number of hydrogen-bond donors (Lipinski definition) is 2. The van der Waals surface area contributed by atoms with Gasteiger partial charge in [0.15, 0.2) is 0 Å².